The van der Waals surface area contributed by atoms with Gasteiger partial charge >= 0.3 is 6.09 Å². The Labute approximate surface area is 162 Å². The maximum Gasteiger partial charge on any atom is 0.410 e. The fourth-order valence-electron chi connectivity index (χ4n) is 4.46. The topological polar surface area (TPSA) is 45.3 Å². The molecule has 1 fully saturated rings. The van der Waals surface area contributed by atoms with Gasteiger partial charge < -0.3 is 9.72 Å². The molecule has 1 aliphatic heterocycles. The zero-order valence-electron chi connectivity index (χ0n) is 15.2. The molecule has 4 nitrogen and oxygen atoms in total. The lowest BCUT2D eigenvalue weighted by Crippen LogP contribution is -2.34. The lowest BCUT2D eigenvalue weighted by molar-refractivity contribution is 0.117. The molecule has 0 saturated carbocycles. The van der Waals surface area contributed by atoms with Gasteiger partial charge in [0, 0.05) is 45.3 Å². The molecule has 3 aromatic rings. The number of aromatic amines is 1. The summed E-state index contributed by atoms with van der Waals surface area (Å²) < 4.78 is 5.79. The number of thioether (sulfide) groups is 1. The number of rotatable bonds is 4. The predicted molar refractivity (Wildman–Crippen MR) is 108 cm³/mol. The van der Waals surface area contributed by atoms with Crippen molar-refractivity contribution in [2.45, 2.75) is 36.3 Å². The number of carbonyl (C=O) groups is 1. The van der Waals surface area contributed by atoms with Gasteiger partial charge in [-0.1, -0.05) is 43.3 Å². The number of H-pyrrole nitrogens is 1. The lowest BCUT2D eigenvalue weighted by Gasteiger charge is -2.32. The maximum absolute atomic E-state index is 12.6. The summed E-state index contributed by atoms with van der Waals surface area (Å²) in [6.45, 7) is 2.90. The van der Waals surface area contributed by atoms with Gasteiger partial charge in [-0.25, -0.2) is 4.79 Å². The van der Waals surface area contributed by atoms with Crippen LogP contribution < -0.4 is 0 Å². The molecule has 2 heterocycles. The van der Waals surface area contributed by atoms with Crippen LogP contribution in [0.3, 0.4) is 0 Å². The molecule has 1 amide bonds. The second-order valence-corrected chi connectivity index (χ2v) is 8.52. The van der Waals surface area contributed by atoms with Crippen molar-refractivity contribution >= 4 is 28.8 Å². The van der Waals surface area contributed by atoms with Crippen LogP contribution in [-0.2, 0) is 4.74 Å². The zero-order chi connectivity index (χ0) is 18.4. The third-order valence-electron chi connectivity index (χ3n) is 5.67. The zero-order valence-corrected chi connectivity index (χ0v) is 16.0. The molecule has 5 heteroatoms. The van der Waals surface area contributed by atoms with Crippen LogP contribution in [0.5, 0.6) is 0 Å². The van der Waals surface area contributed by atoms with E-state index in [0.717, 1.165) is 17.7 Å². The van der Waals surface area contributed by atoms with E-state index >= 15 is 0 Å². The number of carbonyl (C=O) groups excluding carboxylic acids is 1. The summed E-state index contributed by atoms with van der Waals surface area (Å²) in [4.78, 5) is 19.4. The minimum absolute atomic E-state index is 0.0104. The molecule has 1 saturated heterocycles. The number of para-hydroxylation sites is 1. The predicted octanol–water partition coefficient (Wildman–Crippen LogP) is 5.33. The number of benzene rings is 2. The van der Waals surface area contributed by atoms with Crippen molar-refractivity contribution in [3.8, 4) is 0 Å². The van der Waals surface area contributed by atoms with E-state index in [-0.39, 0.29) is 18.2 Å². The third-order valence-corrected chi connectivity index (χ3v) is 6.66. The monoisotopic (exact) mass is 378 g/mol. The second-order valence-electron chi connectivity index (χ2n) is 7.36. The molecule has 138 valence electrons. The van der Waals surface area contributed by atoms with E-state index < -0.39 is 0 Å². The number of nitrogens with zero attached hydrogens (tertiary/aromatic N) is 1. The van der Waals surface area contributed by atoms with Gasteiger partial charge in [-0.05, 0) is 24.6 Å². The number of aromatic nitrogens is 1. The van der Waals surface area contributed by atoms with Gasteiger partial charge in [-0.3, -0.25) is 4.90 Å². The molecule has 27 heavy (non-hydrogen) atoms. The highest BCUT2D eigenvalue weighted by Crippen LogP contribution is 2.48. The molecule has 0 unspecified atom stereocenters. The van der Waals surface area contributed by atoms with E-state index in [4.69, 9.17) is 4.74 Å². The molecule has 5 rings (SSSR count). The first-order valence-electron chi connectivity index (χ1n) is 9.48. The summed E-state index contributed by atoms with van der Waals surface area (Å²) in [6.07, 6.45) is 0.642. The molecular weight excluding hydrogens is 356 g/mol. The Morgan fingerprint density at radius 2 is 1.93 bits per heavy atom. The summed E-state index contributed by atoms with van der Waals surface area (Å²) in [7, 11) is 0. The minimum Gasteiger partial charge on any atom is -0.443 e. The number of amides is 1. The van der Waals surface area contributed by atoms with Gasteiger partial charge in [0.1, 0.15) is 6.10 Å². The minimum atomic E-state index is -0.177. The highest BCUT2D eigenvalue weighted by atomic mass is 32.2. The van der Waals surface area contributed by atoms with Gasteiger partial charge in [-0.15, -0.1) is 11.8 Å². The molecule has 2 aromatic carbocycles. The number of hydrogen-bond acceptors (Lipinski definition) is 3. The van der Waals surface area contributed by atoms with Crippen LogP contribution in [0.25, 0.3) is 10.9 Å². The van der Waals surface area contributed by atoms with Crippen LogP contribution in [0.1, 0.15) is 36.6 Å². The molecule has 2 aliphatic rings. The number of hydrogen-bond donors (Lipinski definition) is 1. The average Bonchev–Trinajstić information content (AvgIpc) is 3.21. The summed E-state index contributed by atoms with van der Waals surface area (Å²) >= 11 is 1.78. The van der Waals surface area contributed by atoms with Crippen LogP contribution >= 0.6 is 11.8 Å². The summed E-state index contributed by atoms with van der Waals surface area (Å²) in [5, 5.41) is 1.22. The van der Waals surface area contributed by atoms with Crippen LogP contribution in [0.4, 0.5) is 4.79 Å². The van der Waals surface area contributed by atoms with Crippen molar-refractivity contribution in [1.82, 2.24) is 9.88 Å². The molecule has 1 N–H and O–H groups in total. The fraction of sp³-hybridized carbons (Fsp3) is 0.318. The Bertz CT molecular complexity index is 984. The normalized spacial score (nSPS) is 24.0. The van der Waals surface area contributed by atoms with Gasteiger partial charge in [-0.2, -0.15) is 0 Å². The van der Waals surface area contributed by atoms with E-state index in [1.807, 2.05) is 23.1 Å². The molecule has 1 aliphatic carbocycles. The highest BCUT2D eigenvalue weighted by molar-refractivity contribution is 7.99. The first-order chi connectivity index (χ1) is 13.2. The van der Waals surface area contributed by atoms with Crippen molar-refractivity contribution < 1.29 is 9.53 Å². The maximum atomic E-state index is 12.6. The van der Waals surface area contributed by atoms with Crippen LogP contribution in [-0.4, -0.2) is 34.4 Å². The quantitative estimate of drug-likeness (QED) is 0.624. The average molecular weight is 378 g/mol. The van der Waals surface area contributed by atoms with Crippen LogP contribution in [0, 0.1) is 0 Å². The Hall–Kier alpha value is -2.40. The summed E-state index contributed by atoms with van der Waals surface area (Å²) in [5.74, 6) is 1.22. The first kappa shape index (κ1) is 16.8. The fourth-order valence-corrected chi connectivity index (χ4v) is 5.33. The molecule has 0 spiro atoms. The molecular formula is C22H22N2O2S. The SMILES string of the molecule is C[C@@H]1C[C@@H]2OC(=O)N(CCSc3ccccc3)[C@@H]2c2c1[nH]c1ccccc21. The lowest BCUT2D eigenvalue weighted by atomic mass is 9.82. The largest absolute Gasteiger partial charge is 0.443 e. The Morgan fingerprint density at radius 1 is 1.15 bits per heavy atom. The van der Waals surface area contributed by atoms with Crippen LogP contribution in [0.15, 0.2) is 59.5 Å². The van der Waals surface area contributed by atoms with Crippen LogP contribution in [0.2, 0.25) is 0 Å². The Balaban J connectivity index is 1.45. The number of nitrogens with one attached hydrogen (secondary N) is 1. The third kappa shape index (κ3) is 2.81. The Kier molecular flexibility index (Phi) is 4.12. The van der Waals surface area contributed by atoms with E-state index in [1.54, 1.807) is 11.8 Å². The highest BCUT2D eigenvalue weighted by Gasteiger charge is 2.48. The number of ether oxygens (including phenoxy) is 1. The molecule has 0 bridgehead atoms. The number of fused-ring (bicyclic) bond motifs is 5. The summed E-state index contributed by atoms with van der Waals surface area (Å²) in [6, 6.07) is 18.7. The van der Waals surface area contributed by atoms with E-state index in [0.29, 0.717) is 12.5 Å². The molecule has 0 radical (unpaired) electrons. The van der Waals surface area contributed by atoms with E-state index in [1.165, 1.54) is 21.5 Å². The standard InChI is InChI=1S/C22H22N2O2S/c1-14-13-18-21(19-16-9-5-6-10-17(16)23-20(14)19)24(22(25)26-18)11-12-27-15-7-3-2-4-8-15/h2-10,14,18,21,23H,11-13H2,1H3/t14-,18+,21+/m1/s1. The second kappa shape index (κ2) is 6.64. The molecule has 3 atom stereocenters. The molecule has 1 aromatic heterocycles. The van der Waals surface area contributed by atoms with Crippen molar-refractivity contribution in [2.75, 3.05) is 12.3 Å². The van der Waals surface area contributed by atoms with Crippen molar-refractivity contribution in [1.29, 1.82) is 0 Å². The van der Waals surface area contributed by atoms with Crippen molar-refractivity contribution in [2.24, 2.45) is 0 Å². The Morgan fingerprint density at radius 3 is 2.78 bits per heavy atom. The van der Waals surface area contributed by atoms with Crippen molar-refractivity contribution in [3.05, 3.63) is 65.9 Å². The van der Waals surface area contributed by atoms with E-state index in [2.05, 4.69) is 48.3 Å². The van der Waals surface area contributed by atoms with Gasteiger partial charge in [0.05, 0.1) is 6.04 Å². The van der Waals surface area contributed by atoms with Gasteiger partial charge in [0.25, 0.3) is 0 Å². The first-order valence-corrected chi connectivity index (χ1v) is 10.5. The van der Waals surface area contributed by atoms with Crippen molar-refractivity contribution in [3.63, 3.8) is 0 Å². The smallest absolute Gasteiger partial charge is 0.410 e. The summed E-state index contributed by atoms with van der Waals surface area (Å²) in [5.41, 5.74) is 3.66. The van der Waals surface area contributed by atoms with E-state index in [9.17, 15) is 4.79 Å². The van der Waals surface area contributed by atoms with Gasteiger partial charge in [0.15, 0.2) is 0 Å². The van der Waals surface area contributed by atoms with Gasteiger partial charge in [0.2, 0.25) is 0 Å².